The first kappa shape index (κ1) is 16.7. The molecule has 0 aliphatic heterocycles. The van der Waals surface area contributed by atoms with Crippen molar-refractivity contribution in [3.8, 4) is 0 Å². The molecule has 1 aromatic carbocycles. The molecular formula is C19H21NO3S. The first-order valence-corrected chi connectivity index (χ1v) is 9.10. The summed E-state index contributed by atoms with van der Waals surface area (Å²) in [7, 11) is 0. The van der Waals surface area contributed by atoms with Gasteiger partial charge in [-0.2, -0.15) is 0 Å². The van der Waals surface area contributed by atoms with Crippen molar-refractivity contribution in [1.29, 1.82) is 0 Å². The maximum atomic E-state index is 12.5. The third-order valence-corrected chi connectivity index (χ3v) is 5.47. The summed E-state index contributed by atoms with van der Waals surface area (Å²) in [5, 5.41) is 4.81. The molecule has 1 aliphatic rings. The second kappa shape index (κ2) is 7.62. The molecule has 126 valence electrons. The lowest BCUT2D eigenvalue weighted by Crippen LogP contribution is -2.45. The Morgan fingerprint density at radius 1 is 1.12 bits per heavy atom. The van der Waals surface area contributed by atoms with Crippen LogP contribution in [0.2, 0.25) is 0 Å². The largest absolute Gasteiger partial charge is 0.455 e. The van der Waals surface area contributed by atoms with E-state index in [0.717, 1.165) is 31.2 Å². The van der Waals surface area contributed by atoms with Gasteiger partial charge in [0.1, 0.15) is 0 Å². The van der Waals surface area contributed by atoms with Crippen LogP contribution in [0.15, 0.2) is 47.8 Å². The summed E-state index contributed by atoms with van der Waals surface area (Å²) in [6.07, 6.45) is 3.38. The highest BCUT2D eigenvalue weighted by Gasteiger charge is 2.47. The fraction of sp³-hybridized carbons (Fsp3) is 0.368. The average molecular weight is 343 g/mol. The highest BCUT2D eigenvalue weighted by Crippen LogP contribution is 2.44. The van der Waals surface area contributed by atoms with Gasteiger partial charge in [0.25, 0.3) is 5.91 Å². The van der Waals surface area contributed by atoms with E-state index < -0.39 is 5.41 Å². The van der Waals surface area contributed by atoms with Crippen molar-refractivity contribution >= 4 is 23.2 Å². The van der Waals surface area contributed by atoms with Crippen LogP contribution in [-0.4, -0.2) is 25.0 Å². The molecule has 1 fully saturated rings. The van der Waals surface area contributed by atoms with E-state index in [1.54, 1.807) is 11.3 Å². The molecule has 3 rings (SSSR count). The van der Waals surface area contributed by atoms with Gasteiger partial charge in [-0.15, -0.1) is 11.3 Å². The second-order valence-electron chi connectivity index (χ2n) is 6.06. The fourth-order valence-electron chi connectivity index (χ4n) is 3.00. The molecule has 0 bridgehead atoms. The van der Waals surface area contributed by atoms with Gasteiger partial charge in [0.2, 0.25) is 0 Å². The molecule has 2 aromatic rings. The Morgan fingerprint density at radius 2 is 1.92 bits per heavy atom. The summed E-state index contributed by atoms with van der Waals surface area (Å²) in [5.41, 5.74) is 0.428. The number of ether oxygens (including phenoxy) is 1. The van der Waals surface area contributed by atoms with Crippen LogP contribution < -0.4 is 5.32 Å². The lowest BCUT2D eigenvalue weighted by atomic mass is 9.64. The van der Waals surface area contributed by atoms with Gasteiger partial charge in [-0.1, -0.05) is 42.8 Å². The van der Waals surface area contributed by atoms with Crippen LogP contribution in [0.25, 0.3) is 0 Å². The number of carbonyl (C=O) groups excluding carboxylic acids is 2. The summed E-state index contributed by atoms with van der Waals surface area (Å²) in [6, 6.07) is 13.7. The zero-order valence-electron chi connectivity index (χ0n) is 13.5. The summed E-state index contributed by atoms with van der Waals surface area (Å²) < 4.78 is 5.30. The smallest absolute Gasteiger partial charge is 0.317 e. The number of thiophene rings is 1. The van der Waals surface area contributed by atoms with E-state index in [2.05, 4.69) is 5.32 Å². The SMILES string of the molecule is O=C(COC(=O)C1(c2ccccc2)CCC1)NCCc1cccs1. The lowest BCUT2D eigenvalue weighted by molar-refractivity contribution is -0.157. The van der Waals surface area contributed by atoms with Crippen molar-refractivity contribution in [2.75, 3.05) is 13.2 Å². The normalized spacial score (nSPS) is 15.3. The molecule has 1 N–H and O–H groups in total. The van der Waals surface area contributed by atoms with E-state index in [9.17, 15) is 9.59 Å². The Balaban J connectivity index is 1.47. The second-order valence-corrected chi connectivity index (χ2v) is 7.09. The maximum Gasteiger partial charge on any atom is 0.317 e. The van der Waals surface area contributed by atoms with E-state index in [-0.39, 0.29) is 18.5 Å². The average Bonchev–Trinajstić information content (AvgIpc) is 3.06. The number of rotatable bonds is 7. The minimum absolute atomic E-state index is 0.210. The molecule has 0 saturated heterocycles. The molecule has 5 heteroatoms. The van der Waals surface area contributed by atoms with Crippen molar-refractivity contribution < 1.29 is 14.3 Å². The first-order valence-electron chi connectivity index (χ1n) is 8.22. The monoisotopic (exact) mass is 343 g/mol. The summed E-state index contributed by atoms with van der Waals surface area (Å²) in [5.74, 6) is -0.532. The van der Waals surface area contributed by atoms with E-state index in [1.807, 2.05) is 47.8 Å². The zero-order valence-corrected chi connectivity index (χ0v) is 14.3. The van der Waals surface area contributed by atoms with Crippen LogP contribution >= 0.6 is 11.3 Å². The number of nitrogens with one attached hydrogen (secondary N) is 1. The van der Waals surface area contributed by atoms with Crippen molar-refractivity contribution in [3.05, 3.63) is 58.3 Å². The van der Waals surface area contributed by atoms with Crippen LogP contribution in [0, 0.1) is 0 Å². The topological polar surface area (TPSA) is 55.4 Å². The Kier molecular flexibility index (Phi) is 5.30. The molecule has 1 amide bonds. The molecule has 0 radical (unpaired) electrons. The van der Waals surface area contributed by atoms with Gasteiger partial charge < -0.3 is 10.1 Å². The highest BCUT2D eigenvalue weighted by atomic mass is 32.1. The summed E-state index contributed by atoms with van der Waals surface area (Å²) >= 11 is 1.67. The van der Waals surface area contributed by atoms with Gasteiger partial charge >= 0.3 is 5.97 Å². The van der Waals surface area contributed by atoms with Crippen molar-refractivity contribution in [3.63, 3.8) is 0 Å². The molecule has 1 aliphatic carbocycles. The molecule has 0 atom stereocenters. The van der Waals surface area contributed by atoms with Gasteiger partial charge in [0.05, 0.1) is 5.41 Å². The summed E-state index contributed by atoms with van der Waals surface area (Å²) in [4.78, 5) is 25.6. The molecule has 4 nitrogen and oxygen atoms in total. The quantitative estimate of drug-likeness (QED) is 0.786. The van der Waals surface area contributed by atoms with Gasteiger partial charge in [-0.05, 0) is 36.3 Å². The standard InChI is InChI=1S/C19H21NO3S/c21-17(20-12-9-16-8-4-13-24-16)14-23-18(22)19(10-5-11-19)15-6-2-1-3-7-15/h1-4,6-8,13H,5,9-12,14H2,(H,20,21). The van der Waals surface area contributed by atoms with E-state index in [0.29, 0.717) is 6.54 Å². The molecular weight excluding hydrogens is 322 g/mol. The Labute approximate surface area is 145 Å². The van der Waals surface area contributed by atoms with Gasteiger partial charge in [0.15, 0.2) is 6.61 Å². The van der Waals surface area contributed by atoms with E-state index in [1.165, 1.54) is 4.88 Å². The third kappa shape index (κ3) is 3.67. The van der Waals surface area contributed by atoms with Gasteiger partial charge in [-0.25, -0.2) is 0 Å². The molecule has 1 saturated carbocycles. The zero-order chi connectivity index (χ0) is 16.8. The molecule has 0 unspecified atom stereocenters. The van der Waals surface area contributed by atoms with Crippen LogP contribution in [0.3, 0.4) is 0 Å². The molecule has 1 aromatic heterocycles. The molecule has 1 heterocycles. The highest BCUT2D eigenvalue weighted by molar-refractivity contribution is 7.09. The van der Waals surface area contributed by atoms with Crippen LogP contribution in [0.4, 0.5) is 0 Å². The summed E-state index contributed by atoms with van der Waals surface area (Å²) in [6.45, 7) is 0.346. The fourth-order valence-corrected chi connectivity index (χ4v) is 3.71. The van der Waals surface area contributed by atoms with E-state index in [4.69, 9.17) is 4.74 Å². The number of hydrogen-bond acceptors (Lipinski definition) is 4. The first-order chi connectivity index (χ1) is 11.7. The van der Waals surface area contributed by atoms with Gasteiger partial charge in [-0.3, -0.25) is 9.59 Å². The lowest BCUT2D eigenvalue weighted by Gasteiger charge is -2.39. The number of amides is 1. The Hall–Kier alpha value is -2.14. The molecule has 0 spiro atoms. The van der Waals surface area contributed by atoms with E-state index >= 15 is 0 Å². The van der Waals surface area contributed by atoms with Crippen LogP contribution in [0.1, 0.15) is 29.7 Å². The molecule has 24 heavy (non-hydrogen) atoms. The minimum Gasteiger partial charge on any atom is -0.455 e. The van der Waals surface area contributed by atoms with Crippen molar-refractivity contribution in [2.24, 2.45) is 0 Å². The maximum absolute atomic E-state index is 12.5. The van der Waals surface area contributed by atoms with Gasteiger partial charge in [0, 0.05) is 11.4 Å². The van der Waals surface area contributed by atoms with Crippen molar-refractivity contribution in [1.82, 2.24) is 5.32 Å². The number of hydrogen-bond donors (Lipinski definition) is 1. The van der Waals surface area contributed by atoms with Crippen LogP contribution in [0.5, 0.6) is 0 Å². The van der Waals surface area contributed by atoms with Crippen molar-refractivity contribution in [2.45, 2.75) is 31.1 Å². The predicted molar refractivity (Wildman–Crippen MR) is 94.0 cm³/mol. The Morgan fingerprint density at radius 3 is 2.54 bits per heavy atom. The number of carbonyl (C=O) groups is 2. The number of esters is 1. The van der Waals surface area contributed by atoms with Crippen LogP contribution in [-0.2, 0) is 26.2 Å². The minimum atomic E-state index is -0.557. The number of benzene rings is 1. The third-order valence-electron chi connectivity index (χ3n) is 4.53. The Bertz CT molecular complexity index is 678. The predicted octanol–water partition coefficient (Wildman–Crippen LogP) is 3.07.